The van der Waals surface area contributed by atoms with Crippen molar-refractivity contribution in [2.75, 3.05) is 0 Å². The molecule has 23 heavy (non-hydrogen) atoms. The van der Waals surface area contributed by atoms with E-state index in [9.17, 15) is 0 Å². The van der Waals surface area contributed by atoms with E-state index in [2.05, 4.69) is 48.2 Å². The molecule has 1 fully saturated rings. The van der Waals surface area contributed by atoms with Gasteiger partial charge in [-0.1, -0.05) is 39.8 Å². The van der Waals surface area contributed by atoms with E-state index in [1.807, 2.05) is 19.1 Å². The lowest BCUT2D eigenvalue weighted by Crippen LogP contribution is -1.99. The molecular formula is C16H15BrN4S2. The molecular weight excluding hydrogens is 392 g/mol. The average Bonchev–Trinajstić information content (AvgIpc) is 3.14. The van der Waals surface area contributed by atoms with Gasteiger partial charge in [0, 0.05) is 27.2 Å². The lowest BCUT2D eigenvalue weighted by atomic mass is 10.2. The Hall–Kier alpha value is -1.18. The number of hydrogen-bond donors (Lipinski definition) is 0. The van der Waals surface area contributed by atoms with Crippen molar-refractivity contribution in [2.45, 2.75) is 36.7 Å². The number of aromatic nitrogens is 4. The highest BCUT2D eigenvalue weighted by Crippen LogP contribution is 2.39. The van der Waals surface area contributed by atoms with Crippen LogP contribution in [0.5, 0.6) is 0 Å². The summed E-state index contributed by atoms with van der Waals surface area (Å²) in [7, 11) is 0. The molecule has 0 radical (unpaired) electrons. The van der Waals surface area contributed by atoms with E-state index in [0.29, 0.717) is 6.04 Å². The summed E-state index contributed by atoms with van der Waals surface area (Å²) in [5, 5.41) is 12.7. The van der Waals surface area contributed by atoms with E-state index in [0.717, 1.165) is 37.5 Å². The topological polar surface area (TPSA) is 43.6 Å². The predicted octanol–water partition coefficient (Wildman–Crippen LogP) is 5.10. The Kier molecular flexibility index (Phi) is 4.26. The summed E-state index contributed by atoms with van der Waals surface area (Å²) < 4.78 is 3.35. The molecule has 0 spiro atoms. The van der Waals surface area contributed by atoms with Crippen LogP contribution in [0.3, 0.4) is 0 Å². The third-order valence-corrected chi connectivity index (χ3v) is 6.13. The maximum absolute atomic E-state index is 4.75. The molecule has 4 rings (SSSR count). The van der Waals surface area contributed by atoms with Crippen LogP contribution in [0.25, 0.3) is 10.6 Å². The molecule has 1 aliphatic rings. The zero-order valence-electron chi connectivity index (χ0n) is 12.6. The minimum Gasteiger partial charge on any atom is -0.303 e. The molecule has 2 aromatic heterocycles. The van der Waals surface area contributed by atoms with Crippen molar-refractivity contribution in [3.8, 4) is 10.6 Å². The van der Waals surface area contributed by atoms with Crippen LogP contribution in [0.15, 0.2) is 39.3 Å². The molecule has 0 bridgehead atoms. The summed E-state index contributed by atoms with van der Waals surface area (Å²) in [5.74, 6) is 1.85. The van der Waals surface area contributed by atoms with Crippen molar-refractivity contribution in [1.29, 1.82) is 0 Å². The molecule has 1 aliphatic carbocycles. The summed E-state index contributed by atoms with van der Waals surface area (Å²) in [5.41, 5.74) is 2.25. The number of thiazole rings is 1. The molecule has 0 N–H and O–H groups in total. The van der Waals surface area contributed by atoms with E-state index >= 15 is 0 Å². The van der Waals surface area contributed by atoms with Crippen LogP contribution < -0.4 is 0 Å². The van der Waals surface area contributed by atoms with Gasteiger partial charge in [-0.25, -0.2) is 4.98 Å². The first-order valence-corrected chi connectivity index (χ1v) is 10.1. The molecule has 0 amide bonds. The zero-order chi connectivity index (χ0) is 15.8. The van der Waals surface area contributed by atoms with Crippen molar-refractivity contribution in [3.05, 3.63) is 45.6 Å². The fourth-order valence-corrected chi connectivity index (χ4v) is 4.73. The average molecular weight is 407 g/mol. The first-order valence-electron chi connectivity index (χ1n) is 7.45. The Labute approximate surface area is 151 Å². The van der Waals surface area contributed by atoms with Gasteiger partial charge in [0.2, 0.25) is 0 Å². The first kappa shape index (κ1) is 15.4. The summed E-state index contributed by atoms with van der Waals surface area (Å²) in [6.07, 6.45) is 2.49. The lowest BCUT2D eigenvalue weighted by molar-refractivity contribution is 0.644. The highest BCUT2D eigenvalue weighted by molar-refractivity contribution is 9.10. The van der Waals surface area contributed by atoms with Crippen molar-refractivity contribution in [3.63, 3.8) is 0 Å². The molecule has 118 valence electrons. The number of benzene rings is 1. The van der Waals surface area contributed by atoms with Crippen LogP contribution in [0.2, 0.25) is 0 Å². The summed E-state index contributed by atoms with van der Waals surface area (Å²) >= 11 is 6.92. The second kappa shape index (κ2) is 6.37. The Morgan fingerprint density at radius 3 is 3.00 bits per heavy atom. The number of rotatable bonds is 5. The molecule has 4 nitrogen and oxygen atoms in total. The van der Waals surface area contributed by atoms with Crippen molar-refractivity contribution >= 4 is 39.0 Å². The minimum atomic E-state index is 0.611. The van der Waals surface area contributed by atoms with E-state index in [1.165, 1.54) is 12.8 Å². The second-order valence-corrected chi connectivity index (χ2v) is 8.29. The normalized spacial score (nSPS) is 14.3. The van der Waals surface area contributed by atoms with Crippen molar-refractivity contribution in [1.82, 2.24) is 19.7 Å². The van der Waals surface area contributed by atoms with Crippen molar-refractivity contribution < 1.29 is 0 Å². The Morgan fingerprint density at radius 2 is 2.22 bits per heavy atom. The molecule has 0 unspecified atom stereocenters. The lowest BCUT2D eigenvalue weighted by Gasteiger charge is -2.05. The maximum Gasteiger partial charge on any atom is 0.191 e. The summed E-state index contributed by atoms with van der Waals surface area (Å²) in [6, 6.07) is 8.87. The molecule has 7 heteroatoms. The van der Waals surface area contributed by atoms with E-state index < -0.39 is 0 Å². The number of thioether (sulfide) groups is 1. The van der Waals surface area contributed by atoms with Gasteiger partial charge in [0.05, 0.1) is 5.69 Å². The number of aryl methyl sites for hydroxylation is 1. The van der Waals surface area contributed by atoms with E-state index in [4.69, 9.17) is 4.98 Å². The quantitative estimate of drug-likeness (QED) is 0.552. The molecule has 1 aromatic carbocycles. The highest BCUT2D eigenvalue weighted by Gasteiger charge is 2.28. The number of nitrogens with zero attached hydrogens (tertiary/aromatic N) is 4. The number of halogens is 1. The smallest absolute Gasteiger partial charge is 0.191 e. The monoisotopic (exact) mass is 406 g/mol. The Balaban J connectivity index is 1.48. The van der Waals surface area contributed by atoms with Gasteiger partial charge in [-0.15, -0.1) is 21.5 Å². The molecule has 1 saturated carbocycles. The van der Waals surface area contributed by atoms with Gasteiger partial charge < -0.3 is 4.57 Å². The van der Waals surface area contributed by atoms with Crippen LogP contribution in [0.4, 0.5) is 0 Å². The first-order chi connectivity index (χ1) is 11.2. The maximum atomic E-state index is 4.75. The van der Waals surface area contributed by atoms with Gasteiger partial charge >= 0.3 is 0 Å². The van der Waals surface area contributed by atoms with Crippen LogP contribution in [-0.4, -0.2) is 19.7 Å². The van der Waals surface area contributed by atoms with Gasteiger partial charge in [0.1, 0.15) is 10.8 Å². The minimum absolute atomic E-state index is 0.611. The van der Waals surface area contributed by atoms with Gasteiger partial charge in [-0.3, -0.25) is 0 Å². The SMILES string of the molecule is Cc1nnc(SCc2csc(-c3cccc(Br)c3)n2)n1C1CC1. The van der Waals surface area contributed by atoms with Gasteiger partial charge in [-0.2, -0.15) is 0 Å². The molecule has 3 aromatic rings. The van der Waals surface area contributed by atoms with E-state index in [1.54, 1.807) is 23.1 Å². The fourth-order valence-electron chi connectivity index (χ4n) is 2.47. The van der Waals surface area contributed by atoms with Gasteiger partial charge in [-0.05, 0) is 31.9 Å². The molecule has 0 atom stereocenters. The standard InChI is InChI=1S/C16H15BrN4S2/c1-10-19-20-16(21(10)14-5-6-14)23-9-13-8-22-15(18-13)11-3-2-4-12(17)7-11/h2-4,7-8,14H,5-6,9H2,1H3. The molecule has 2 heterocycles. The summed E-state index contributed by atoms with van der Waals surface area (Å²) in [6.45, 7) is 2.03. The number of hydrogen-bond acceptors (Lipinski definition) is 5. The zero-order valence-corrected chi connectivity index (χ0v) is 15.8. The molecule has 0 saturated heterocycles. The van der Waals surface area contributed by atoms with Crippen LogP contribution >= 0.6 is 39.0 Å². The highest BCUT2D eigenvalue weighted by atomic mass is 79.9. The third kappa shape index (κ3) is 3.36. The summed E-state index contributed by atoms with van der Waals surface area (Å²) in [4.78, 5) is 4.75. The van der Waals surface area contributed by atoms with Crippen LogP contribution in [0.1, 0.15) is 30.4 Å². The Bertz CT molecular complexity index is 838. The van der Waals surface area contributed by atoms with Crippen LogP contribution in [-0.2, 0) is 5.75 Å². The Morgan fingerprint density at radius 1 is 1.35 bits per heavy atom. The van der Waals surface area contributed by atoms with E-state index in [-0.39, 0.29) is 0 Å². The van der Waals surface area contributed by atoms with Crippen molar-refractivity contribution in [2.24, 2.45) is 0 Å². The third-order valence-electron chi connectivity index (χ3n) is 3.72. The fraction of sp³-hybridized carbons (Fsp3) is 0.312. The molecule has 0 aliphatic heterocycles. The van der Waals surface area contributed by atoms with Gasteiger partial charge in [0.25, 0.3) is 0 Å². The van der Waals surface area contributed by atoms with Crippen LogP contribution in [0, 0.1) is 6.92 Å². The van der Waals surface area contributed by atoms with Gasteiger partial charge in [0.15, 0.2) is 5.16 Å². The largest absolute Gasteiger partial charge is 0.303 e. The second-order valence-electron chi connectivity index (χ2n) is 5.57. The predicted molar refractivity (Wildman–Crippen MR) is 97.8 cm³/mol.